The van der Waals surface area contributed by atoms with Crippen molar-refractivity contribution >= 4 is 31.2 Å². The van der Waals surface area contributed by atoms with E-state index in [1.807, 2.05) is 27.7 Å². The molecular weight excluding hydrogens is 1540 g/mol. The molecule has 0 N–H and O–H groups in total. The summed E-state index contributed by atoms with van der Waals surface area (Å²) in [6, 6.07) is 0. The van der Waals surface area contributed by atoms with Gasteiger partial charge in [-0.2, -0.15) is 0 Å². The molecule has 0 spiro atoms. The molecular formula is C115H194O6S2. The second-order valence-corrected chi connectivity index (χ2v) is 47.9. The summed E-state index contributed by atoms with van der Waals surface area (Å²) in [6.07, 6.45) is 15.4. The lowest BCUT2D eigenvalue weighted by Crippen LogP contribution is -2.27. The lowest BCUT2D eigenvalue weighted by atomic mass is 9.76. The lowest BCUT2D eigenvalue weighted by Gasteiger charge is -2.29. The van der Waals surface area contributed by atoms with Crippen LogP contribution in [0.25, 0.3) is 0 Å². The van der Waals surface area contributed by atoms with Crippen molar-refractivity contribution in [3.8, 4) is 0 Å². The highest BCUT2D eigenvalue weighted by Crippen LogP contribution is 2.47. The van der Waals surface area contributed by atoms with E-state index in [-0.39, 0.29) is 23.2 Å². The van der Waals surface area contributed by atoms with Gasteiger partial charge in [-0.1, -0.05) is 305 Å². The van der Waals surface area contributed by atoms with Crippen LogP contribution in [0.4, 0.5) is 0 Å². The number of carbonyl (C=O) groups is 2. The standard InChI is InChI=1S/2C15H24O.C15H26.2C14H24O2S.3C14H24/c1-9(2)13-7-12(16)8-14(10(3)4)15(13)11(5)6;1-9(2)12-7-8-13(16)15(11(5)6)14(12)10(3)4;1-10(2)13-8-7-9-14(11(3)4)15(13)12(5)6;1-9(2)12-7-17(15,16)8-13(10(3)4)14(12)11(5)6;1-9(2)12-7-8-17(15,16)14(11(5)6)13(12)10(3)4;3*1-9(2)12-7-8-13(10(3)4)14(12)11(5)6/h9,11H,7-8H2,1-6H3;9-10H,7-8H2,1-6H3;10,12H,7-9H2,1-6H3;9,11H,7-8H2,1-6H3;9-10H,7-8H2,1-6H3;3*9,11H,7-8H2,1-6H3. The quantitative estimate of drug-likeness (QED) is 0.143. The Hall–Kier alpha value is -4.92. The molecule has 8 rings (SSSR count). The van der Waals surface area contributed by atoms with Crippen LogP contribution in [0.2, 0.25) is 0 Å². The first kappa shape index (κ1) is 116. The van der Waals surface area contributed by atoms with Crippen LogP contribution < -0.4 is 0 Å². The van der Waals surface area contributed by atoms with Gasteiger partial charge in [-0.05, 0) is 360 Å². The van der Waals surface area contributed by atoms with E-state index in [1.165, 1.54) is 130 Å². The maximum atomic E-state index is 12.2. The van der Waals surface area contributed by atoms with Crippen LogP contribution in [0.3, 0.4) is 0 Å². The molecule has 0 saturated heterocycles. The first-order valence-electron chi connectivity index (χ1n) is 49.0. The van der Waals surface area contributed by atoms with E-state index in [2.05, 4.69) is 305 Å². The predicted octanol–water partition coefficient (Wildman–Crippen LogP) is 34.9. The van der Waals surface area contributed by atoms with E-state index in [9.17, 15) is 26.4 Å². The van der Waals surface area contributed by atoms with Gasteiger partial charge in [-0.3, -0.25) is 9.59 Å². The molecule has 123 heavy (non-hydrogen) atoms. The summed E-state index contributed by atoms with van der Waals surface area (Å²) in [4.78, 5) is 24.4. The van der Waals surface area contributed by atoms with Gasteiger partial charge in [0.2, 0.25) is 0 Å². The highest BCUT2D eigenvalue weighted by atomic mass is 32.2. The number of ketones is 2. The summed E-state index contributed by atoms with van der Waals surface area (Å²) in [5, 5.41) is 0. The Morgan fingerprint density at radius 2 is 0.480 bits per heavy atom. The van der Waals surface area contributed by atoms with Crippen molar-refractivity contribution in [2.45, 2.75) is 422 Å². The SMILES string of the molecule is CC(C)=C1C(=O)CCC(C(C)C)=C1C(C)C.CC(C)=C1C(C(C)C)=C(C(C)C)CCS1(=O)=O.CC(C)=C1CC(=O)CC(C(C)C)=C1C(C)C.CC(C)=C1CCC(C(C)C)=C1C(C)C.CC(C)=C1CCC(C(C)C)=C1C(C)C.CC(C)=C1CCC(C(C)C)=C1C(C)C.CC(C)=C1CCCC(C(C)C)=C1C(C)C.CC(C)=C1CS(=O)(=O)CC(C(C)C)=C1C(C)C. The molecule has 6 nitrogen and oxygen atoms in total. The average molecular weight is 1740 g/mol. The molecule has 0 atom stereocenters. The number of rotatable bonds is 16. The van der Waals surface area contributed by atoms with E-state index in [0.717, 1.165) is 63.5 Å². The molecule has 8 heteroatoms. The highest BCUT2D eigenvalue weighted by molar-refractivity contribution is 7.95. The van der Waals surface area contributed by atoms with Gasteiger partial charge in [0, 0.05) is 24.8 Å². The average Bonchev–Trinajstić information content (AvgIpc) is 1.65. The van der Waals surface area contributed by atoms with E-state index in [1.54, 1.807) is 66.9 Å². The molecule has 0 bridgehead atoms. The van der Waals surface area contributed by atoms with Gasteiger partial charge in [0.25, 0.3) is 0 Å². The number of allylic oxidation sites excluding steroid dienone is 29. The zero-order valence-corrected chi connectivity index (χ0v) is 91.2. The monoisotopic (exact) mass is 1740 g/mol. The van der Waals surface area contributed by atoms with E-state index < -0.39 is 19.7 Å². The maximum Gasteiger partial charge on any atom is 0.178 e. The molecule has 702 valence electrons. The predicted molar refractivity (Wildman–Crippen MR) is 548 cm³/mol. The normalized spacial score (nSPS) is 18.4. The number of hydrogen-bond acceptors (Lipinski definition) is 6. The van der Waals surface area contributed by atoms with Gasteiger partial charge < -0.3 is 0 Å². The summed E-state index contributed by atoms with van der Waals surface area (Å²) in [5.41, 5.74) is 44.5. The molecule has 0 aromatic rings. The molecule has 0 amide bonds. The summed E-state index contributed by atoms with van der Waals surface area (Å²) in [6.45, 7) is 106. The summed E-state index contributed by atoms with van der Waals surface area (Å²) in [7, 11) is -6.01. The zero-order chi connectivity index (χ0) is 95.9. The zero-order valence-electron chi connectivity index (χ0n) is 89.5. The molecule has 2 aliphatic heterocycles. The van der Waals surface area contributed by atoms with Crippen LogP contribution in [0, 0.1) is 94.7 Å². The second-order valence-electron chi connectivity index (χ2n) is 43.8. The van der Waals surface area contributed by atoms with Crippen LogP contribution in [0.1, 0.15) is 422 Å². The van der Waals surface area contributed by atoms with Crippen molar-refractivity contribution in [1.82, 2.24) is 0 Å². The number of hydrogen-bond donors (Lipinski definition) is 0. The minimum absolute atomic E-state index is 0.221. The minimum Gasteiger partial charge on any atom is -0.299 e. The summed E-state index contributed by atoms with van der Waals surface area (Å²) >= 11 is 0. The number of Topliss-reactive ketones (excluding diaryl/α,β-unsaturated/α-hetero) is 2. The Morgan fingerprint density at radius 3 is 0.756 bits per heavy atom. The molecule has 8 aliphatic rings. The van der Waals surface area contributed by atoms with Crippen LogP contribution >= 0.6 is 0 Å². The van der Waals surface area contributed by atoms with Crippen molar-refractivity contribution in [3.05, 3.63) is 178 Å². The third kappa shape index (κ3) is 33.5. The third-order valence-electron chi connectivity index (χ3n) is 26.2. The molecule has 0 aromatic carbocycles. The van der Waals surface area contributed by atoms with Gasteiger partial charge >= 0.3 is 0 Å². The Bertz CT molecular complexity index is 4260. The van der Waals surface area contributed by atoms with E-state index >= 15 is 0 Å². The highest BCUT2D eigenvalue weighted by Gasteiger charge is 2.36. The Balaban J connectivity index is 0.000000704. The van der Waals surface area contributed by atoms with Crippen molar-refractivity contribution in [2.75, 3.05) is 17.3 Å². The number of sulfone groups is 2. The Labute approximate surface area is 764 Å². The summed E-state index contributed by atoms with van der Waals surface area (Å²) < 4.78 is 48.4. The molecule has 0 fully saturated rings. The molecule has 2 heterocycles. The topological polar surface area (TPSA) is 102 Å². The fraction of sp³-hybridized carbons (Fsp3) is 0.704. The van der Waals surface area contributed by atoms with Crippen molar-refractivity contribution in [2.24, 2.45) is 94.7 Å². The van der Waals surface area contributed by atoms with Crippen LogP contribution in [-0.2, 0) is 29.3 Å². The minimum atomic E-state index is -3.06. The van der Waals surface area contributed by atoms with Crippen molar-refractivity contribution in [1.29, 1.82) is 0 Å². The van der Waals surface area contributed by atoms with Crippen LogP contribution in [0.15, 0.2) is 178 Å². The van der Waals surface area contributed by atoms with E-state index in [0.29, 0.717) is 107 Å². The fourth-order valence-corrected chi connectivity index (χ4v) is 24.6. The third-order valence-corrected chi connectivity index (χ3v) is 29.6. The van der Waals surface area contributed by atoms with Gasteiger partial charge in [-0.15, -0.1) is 0 Å². The molecule has 0 aromatic heterocycles. The largest absolute Gasteiger partial charge is 0.299 e. The first-order chi connectivity index (χ1) is 56.3. The van der Waals surface area contributed by atoms with Crippen molar-refractivity contribution in [3.63, 3.8) is 0 Å². The maximum absolute atomic E-state index is 12.2. The van der Waals surface area contributed by atoms with Gasteiger partial charge in [0.15, 0.2) is 25.5 Å². The molecule has 6 aliphatic carbocycles. The van der Waals surface area contributed by atoms with Crippen molar-refractivity contribution < 1.29 is 26.4 Å². The Morgan fingerprint density at radius 1 is 0.220 bits per heavy atom. The molecule has 0 radical (unpaired) electrons. The first-order valence-corrected chi connectivity index (χ1v) is 52.5. The van der Waals surface area contributed by atoms with Gasteiger partial charge in [0.05, 0.1) is 22.2 Å². The van der Waals surface area contributed by atoms with Gasteiger partial charge in [0.1, 0.15) is 5.78 Å². The van der Waals surface area contributed by atoms with E-state index in [4.69, 9.17) is 0 Å². The lowest BCUT2D eigenvalue weighted by molar-refractivity contribution is -0.118. The second kappa shape index (κ2) is 52.1. The smallest absolute Gasteiger partial charge is 0.178 e. The van der Waals surface area contributed by atoms with Crippen LogP contribution in [-0.4, -0.2) is 45.7 Å². The fourth-order valence-electron chi connectivity index (χ4n) is 20.7. The van der Waals surface area contributed by atoms with Gasteiger partial charge in [-0.25, -0.2) is 16.8 Å². The van der Waals surface area contributed by atoms with Crippen LogP contribution in [0.5, 0.6) is 0 Å². The Kier molecular flexibility index (Phi) is 49.1. The molecule has 0 saturated carbocycles. The number of carbonyl (C=O) groups excluding carboxylic acids is 2. The summed E-state index contributed by atoms with van der Waals surface area (Å²) in [5.74, 6) is 10.5. The molecule has 0 unspecified atom stereocenters.